The minimum atomic E-state index is -0.979. The van der Waals surface area contributed by atoms with E-state index in [-0.39, 0.29) is 24.5 Å². The Balaban J connectivity index is 1.78. The largest absolute Gasteiger partial charge is 0.481 e. The van der Waals surface area contributed by atoms with Gasteiger partial charge in [-0.1, -0.05) is 30.3 Å². The lowest BCUT2D eigenvalue weighted by Crippen LogP contribution is -2.55. The molecular weight excluding hydrogens is 350 g/mol. The Morgan fingerprint density at radius 2 is 1.96 bits per heavy atom. The molecule has 2 aliphatic rings. The summed E-state index contributed by atoms with van der Waals surface area (Å²) in [6, 6.07) is 9.35. The summed E-state index contributed by atoms with van der Waals surface area (Å²) >= 11 is 0. The molecule has 148 valence electrons. The molecule has 27 heavy (non-hydrogen) atoms. The summed E-state index contributed by atoms with van der Waals surface area (Å²) in [6.07, 6.45) is 1.22. The average Bonchev–Trinajstić information content (AvgIpc) is 3.09. The van der Waals surface area contributed by atoms with Crippen molar-refractivity contribution in [3.63, 3.8) is 0 Å². The van der Waals surface area contributed by atoms with Crippen molar-refractivity contribution < 1.29 is 28.9 Å². The van der Waals surface area contributed by atoms with Gasteiger partial charge in [-0.3, -0.25) is 9.59 Å². The summed E-state index contributed by atoms with van der Waals surface area (Å²) in [7, 11) is 1.59. The molecule has 0 spiro atoms. The number of rotatable bonds is 7. The zero-order valence-electron chi connectivity index (χ0n) is 15.6. The monoisotopic (exact) mass is 377 g/mol. The first-order valence-corrected chi connectivity index (χ1v) is 9.35. The van der Waals surface area contributed by atoms with Crippen LogP contribution in [0.25, 0.3) is 0 Å². The summed E-state index contributed by atoms with van der Waals surface area (Å²) in [5.41, 5.74) is 0.0162. The molecule has 2 atom stereocenters. The van der Waals surface area contributed by atoms with Crippen LogP contribution in [0.15, 0.2) is 30.3 Å². The SMILES string of the molecule is COC1CC(CC(=O)O)N(C(=O)C2(OCc3ccccc3)CCOCC2)C1. The van der Waals surface area contributed by atoms with Crippen molar-refractivity contribution in [1.82, 2.24) is 4.90 Å². The summed E-state index contributed by atoms with van der Waals surface area (Å²) in [6.45, 7) is 1.62. The highest BCUT2D eigenvalue weighted by Crippen LogP contribution is 2.33. The predicted octanol–water partition coefficient (Wildman–Crippen LogP) is 1.84. The van der Waals surface area contributed by atoms with Crippen LogP contribution in [0.2, 0.25) is 0 Å². The van der Waals surface area contributed by atoms with Crippen molar-refractivity contribution in [2.75, 3.05) is 26.9 Å². The second-order valence-corrected chi connectivity index (χ2v) is 7.18. The number of ether oxygens (including phenoxy) is 3. The van der Waals surface area contributed by atoms with Crippen molar-refractivity contribution in [1.29, 1.82) is 0 Å². The van der Waals surface area contributed by atoms with E-state index in [9.17, 15) is 14.7 Å². The maximum Gasteiger partial charge on any atom is 0.305 e. The van der Waals surface area contributed by atoms with Gasteiger partial charge in [-0.25, -0.2) is 0 Å². The van der Waals surface area contributed by atoms with Crippen LogP contribution in [0.4, 0.5) is 0 Å². The maximum absolute atomic E-state index is 13.5. The van der Waals surface area contributed by atoms with Crippen molar-refractivity contribution >= 4 is 11.9 Å². The molecule has 1 N–H and O–H groups in total. The van der Waals surface area contributed by atoms with E-state index in [1.807, 2.05) is 30.3 Å². The van der Waals surface area contributed by atoms with Crippen molar-refractivity contribution in [3.8, 4) is 0 Å². The van der Waals surface area contributed by atoms with Gasteiger partial charge in [-0.15, -0.1) is 0 Å². The first-order valence-electron chi connectivity index (χ1n) is 9.35. The van der Waals surface area contributed by atoms with E-state index in [4.69, 9.17) is 14.2 Å². The fourth-order valence-electron chi connectivity index (χ4n) is 3.87. The predicted molar refractivity (Wildman–Crippen MR) is 97.2 cm³/mol. The molecule has 2 aliphatic heterocycles. The number of carboxylic acid groups (broad SMARTS) is 1. The van der Waals surface area contributed by atoms with Crippen LogP contribution in [0.1, 0.15) is 31.2 Å². The van der Waals surface area contributed by atoms with Crippen LogP contribution in [0.3, 0.4) is 0 Å². The third-order valence-corrected chi connectivity index (χ3v) is 5.43. The summed E-state index contributed by atoms with van der Waals surface area (Å²) in [5.74, 6) is -1.06. The second-order valence-electron chi connectivity index (χ2n) is 7.18. The molecule has 3 rings (SSSR count). The standard InChI is InChI=1S/C20H27NO6/c1-25-17-11-16(12-18(22)23)21(13-17)19(24)20(7-9-26-10-8-20)27-14-15-5-3-2-4-6-15/h2-6,16-17H,7-14H2,1H3,(H,22,23). The minimum Gasteiger partial charge on any atom is -0.481 e. The van der Waals surface area contributed by atoms with Crippen LogP contribution in [-0.2, 0) is 30.4 Å². The smallest absolute Gasteiger partial charge is 0.305 e. The number of likely N-dealkylation sites (tertiary alicyclic amines) is 1. The van der Waals surface area contributed by atoms with E-state index >= 15 is 0 Å². The topological polar surface area (TPSA) is 85.3 Å². The number of methoxy groups -OCH3 is 1. The fraction of sp³-hybridized carbons (Fsp3) is 0.600. The van der Waals surface area contributed by atoms with Gasteiger partial charge in [0.2, 0.25) is 0 Å². The Hall–Kier alpha value is -1.96. The Labute approximate surface area is 159 Å². The highest BCUT2D eigenvalue weighted by molar-refractivity contribution is 5.86. The quantitative estimate of drug-likeness (QED) is 0.780. The molecule has 1 aromatic rings. The molecule has 0 aromatic heterocycles. The van der Waals surface area contributed by atoms with E-state index in [2.05, 4.69) is 0 Å². The molecule has 2 fully saturated rings. The number of benzene rings is 1. The number of carbonyl (C=O) groups excluding carboxylic acids is 1. The molecule has 0 saturated carbocycles. The molecule has 0 aliphatic carbocycles. The van der Waals surface area contributed by atoms with Crippen LogP contribution < -0.4 is 0 Å². The Kier molecular flexibility index (Phi) is 6.46. The molecule has 7 nitrogen and oxygen atoms in total. The number of aliphatic carboxylic acids is 1. The number of hydrogen-bond donors (Lipinski definition) is 1. The number of amides is 1. The number of carbonyl (C=O) groups is 2. The van der Waals surface area contributed by atoms with Crippen LogP contribution in [0, 0.1) is 0 Å². The van der Waals surface area contributed by atoms with Crippen molar-refractivity contribution in [3.05, 3.63) is 35.9 Å². The first-order chi connectivity index (χ1) is 13.0. The van der Waals surface area contributed by atoms with Crippen molar-refractivity contribution in [2.45, 2.75) is 50.0 Å². The molecule has 1 amide bonds. The van der Waals surface area contributed by atoms with E-state index in [1.165, 1.54) is 0 Å². The maximum atomic E-state index is 13.5. The zero-order valence-corrected chi connectivity index (χ0v) is 15.6. The third-order valence-electron chi connectivity index (χ3n) is 5.43. The highest BCUT2D eigenvalue weighted by Gasteiger charge is 2.48. The van der Waals surface area contributed by atoms with Gasteiger partial charge in [0.25, 0.3) is 5.91 Å². The molecular formula is C20H27NO6. The van der Waals surface area contributed by atoms with Gasteiger partial charge in [0.05, 0.1) is 19.1 Å². The zero-order chi connectivity index (χ0) is 19.3. The third kappa shape index (κ3) is 4.66. The van der Waals surface area contributed by atoms with Crippen LogP contribution in [-0.4, -0.2) is 66.5 Å². The van der Waals surface area contributed by atoms with Gasteiger partial charge < -0.3 is 24.2 Å². The fourth-order valence-corrected chi connectivity index (χ4v) is 3.87. The number of hydrogen-bond acceptors (Lipinski definition) is 5. The van der Waals surface area contributed by atoms with E-state index < -0.39 is 11.6 Å². The Morgan fingerprint density at radius 3 is 2.59 bits per heavy atom. The van der Waals surface area contributed by atoms with E-state index in [0.29, 0.717) is 45.6 Å². The highest BCUT2D eigenvalue weighted by atomic mass is 16.5. The van der Waals surface area contributed by atoms with Crippen LogP contribution in [0.5, 0.6) is 0 Å². The van der Waals surface area contributed by atoms with Gasteiger partial charge in [0.1, 0.15) is 0 Å². The summed E-state index contributed by atoms with van der Waals surface area (Å²) in [5, 5.41) is 9.23. The van der Waals surface area contributed by atoms with Gasteiger partial charge in [-0.2, -0.15) is 0 Å². The molecule has 1 aromatic carbocycles. The normalized spacial score (nSPS) is 24.7. The van der Waals surface area contributed by atoms with Gasteiger partial charge in [0, 0.05) is 45.8 Å². The average molecular weight is 377 g/mol. The molecule has 2 unspecified atom stereocenters. The lowest BCUT2D eigenvalue weighted by atomic mass is 9.91. The summed E-state index contributed by atoms with van der Waals surface area (Å²) in [4.78, 5) is 26.4. The van der Waals surface area contributed by atoms with E-state index in [0.717, 1.165) is 5.56 Å². The molecule has 0 radical (unpaired) electrons. The first kappa shape index (κ1) is 19.8. The van der Waals surface area contributed by atoms with Crippen LogP contribution >= 0.6 is 0 Å². The van der Waals surface area contributed by atoms with Crippen molar-refractivity contribution in [2.24, 2.45) is 0 Å². The molecule has 2 heterocycles. The number of nitrogens with zero attached hydrogens (tertiary/aromatic N) is 1. The van der Waals surface area contributed by atoms with Gasteiger partial charge >= 0.3 is 5.97 Å². The molecule has 0 bridgehead atoms. The lowest BCUT2D eigenvalue weighted by Gasteiger charge is -2.40. The number of carboxylic acids is 1. The Morgan fingerprint density at radius 1 is 1.26 bits per heavy atom. The molecule has 7 heteroatoms. The van der Waals surface area contributed by atoms with Gasteiger partial charge in [0.15, 0.2) is 5.60 Å². The molecule has 2 saturated heterocycles. The van der Waals surface area contributed by atoms with E-state index in [1.54, 1.807) is 12.0 Å². The lowest BCUT2D eigenvalue weighted by molar-refractivity contribution is -0.175. The Bertz CT molecular complexity index is 643. The minimum absolute atomic E-state index is 0.0864. The summed E-state index contributed by atoms with van der Waals surface area (Å²) < 4.78 is 17.0. The van der Waals surface area contributed by atoms with Gasteiger partial charge in [-0.05, 0) is 12.0 Å². The second kappa shape index (κ2) is 8.82.